The van der Waals surface area contributed by atoms with Gasteiger partial charge in [-0.3, -0.25) is 9.59 Å². The van der Waals surface area contributed by atoms with E-state index in [0.717, 1.165) is 41.8 Å². The van der Waals surface area contributed by atoms with Crippen molar-refractivity contribution in [3.05, 3.63) is 59.2 Å². The van der Waals surface area contributed by atoms with E-state index in [1.807, 2.05) is 49.4 Å². The van der Waals surface area contributed by atoms with E-state index in [-0.39, 0.29) is 18.4 Å². The van der Waals surface area contributed by atoms with Crippen molar-refractivity contribution < 1.29 is 14.3 Å². The second-order valence-electron chi connectivity index (χ2n) is 6.90. The highest BCUT2D eigenvalue weighted by atomic mass is 16.5. The van der Waals surface area contributed by atoms with Crippen LogP contribution < -0.4 is 15.0 Å². The van der Waals surface area contributed by atoms with Crippen LogP contribution in [0.5, 0.6) is 5.75 Å². The largest absolute Gasteiger partial charge is 0.482 e. The van der Waals surface area contributed by atoms with E-state index in [4.69, 9.17) is 4.74 Å². The van der Waals surface area contributed by atoms with Crippen LogP contribution in [0, 0.1) is 6.92 Å². The van der Waals surface area contributed by atoms with Crippen molar-refractivity contribution in [2.24, 2.45) is 0 Å². The van der Waals surface area contributed by atoms with Crippen molar-refractivity contribution in [1.82, 2.24) is 5.32 Å². The first-order chi connectivity index (χ1) is 13.1. The Morgan fingerprint density at radius 1 is 1.15 bits per heavy atom. The fourth-order valence-electron chi connectivity index (χ4n) is 3.11. The van der Waals surface area contributed by atoms with E-state index >= 15 is 0 Å². The molecule has 1 N–H and O–H groups in total. The zero-order valence-electron chi connectivity index (χ0n) is 16.0. The van der Waals surface area contributed by atoms with E-state index in [1.54, 1.807) is 4.90 Å². The number of amides is 2. The summed E-state index contributed by atoms with van der Waals surface area (Å²) in [4.78, 5) is 26.2. The van der Waals surface area contributed by atoms with E-state index in [1.165, 1.54) is 0 Å². The van der Waals surface area contributed by atoms with Gasteiger partial charge in [0.05, 0.1) is 12.2 Å². The van der Waals surface area contributed by atoms with Gasteiger partial charge in [-0.05, 0) is 48.7 Å². The zero-order valence-corrected chi connectivity index (χ0v) is 16.0. The smallest absolute Gasteiger partial charge is 0.265 e. The topological polar surface area (TPSA) is 58.6 Å². The molecule has 5 heteroatoms. The molecule has 0 bridgehead atoms. The maximum atomic E-state index is 12.3. The summed E-state index contributed by atoms with van der Waals surface area (Å²) in [6.45, 7) is 5.34. The minimum absolute atomic E-state index is 0.0503. The molecule has 2 amide bonds. The number of hydrogen-bond donors (Lipinski definition) is 1. The molecule has 0 fully saturated rings. The van der Waals surface area contributed by atoms with Crippen molar-refractivity contribution in [3.8, 4) is 5.75 Å². The Kier molecular flexibility index (Phi) is 6.12. The van der Waals surface area contributed by atoms with Gasteiger partial charge in [-0.1, -0.05) is 38.0 Å². The molecule has 0 aliphatic carbocycles. The predicted octanol–water partition coefficient (Wildman–Crippen LogP) is 3.84. The zero-order chi connectivity index (χ0) is 19.2. The second-order valence-corrected chi connectivity index (χ2v) is 6.90. The summed E-state index contributed by atoms with van der Waals surface area (Å²) in [5.41, 5.74) is 3.49. The quantitative estimate of drug-likeness (QED) is 0.758. The van der Waals surface area contributed by atoms with E-state index in [9.17, 15) is 9.59 Å². The van der Waals surface area contributed by atoms with Crippen molar-refractivity contribution in [2.75, 3.05) is 18.1 Å². The molecule has 5 nitrogen and oxygen atoms in total. The van der Waals surface area contributed by atoms with Crippen LogP contribution in [0.15, 0.2) is 42.5 Å². The third-order valence-electron chi connectivity index (χ3n) is 4.68. The lowest BCUT2D eigenvalue weighted by Gasteiger charge is -2.29. The molecule has 1 aliphatic rings. The van der Waals surface area contributed by atoms with Crippen LogP contribution in [-0.2, 0) is 11.3 Å². The Morgan fingerprint density at radius 2 is 1.93 bits per heavy atom. The molecule has 27 heavy (non-hydrogen) atoms. The number of carbonyl (C=O) groups is 2. The molecule has 1 aliphatic heterocycles. The number of rotatable bonds is 7. The lowest BCUT2D eigenvalue weighted by molar-refractivity contribution is -0.121. The number of fused-ring (bicyclic) bond motifs is 1. The van der Waals surface area contributed by atoms with Gasteiger partial charge < -0.3 is 15.0 Å². The molecule has 142 valence electrons. The molecule has 0 spiro atoms. The van der Waals surface area contributed by atoms with Crippen LogP contribution in [0.2, 0.25) is 0 Å². The summed E-state index contributed by atoms with van der Waals surface area (Å²) >= 11 is 0. The van der Waals surface area contributed by atoms with Crippen molar-refractivity contribution in [3.63, 3.8) is 0 Å². The average Bonchev–Trinajstić information content (AvgIpc) is 2.68. The summed E-state index contributed by atoms with van der Waals surface area (Å²) in [7, 11) is 0. The van der Waals surface area contributed by atoms with Gasteiger partial charge in [0.15, 0.2) is 6.61 Å². The standard InChI is InChI=1S/C22H26N2O3/c1-3-4-5-12-23-22(26)18-9-7-17(8-10-18)14-24-19-11-6-16(2)13-20(19)27-15-21(24)25/h6-11,13H,3-5,12,14-15H2,1-2H3,(H,23,26). The fourth-order valence-corrected chi connectivity index (χ4v) is 3.11. The van der Waals surface area contributed by atoms with Gasteiger partial charge in [-0.25, -0.2) is 0 Å². The molecule has 0 atom stereocenters. The van der Waals surface area contributed by atoms with E-state index in [2.05, 4.69) is 12.2 Å². The third kappa shape index (κ3) is 4.67. The number of carbonyl (C=O) groups excluding carboxylic acids is 2. The molecule has 0 unspecified atom stereocenters. The van der Waals surface area contributed by atoms with Crippen LogP contribution in [0.25, 0.3) is 0 Å². The van der Waals surface area contributed by atoms with Crippen LogP contribution >= 0.6 is 0 Å². The molecule has 3 rings (SSSR count). The molecule has 0 saturated carbocycles. The van der Waals surface area contributed by atoms with Crippen molar-refractivity contribution in [2.45, 2.75) is 39.7 Å². The molecule has 0 radical (unpaired) electrons. The summed E-state index contributed by atoms with van der Waals surface area (Å²) in [5.74, 6) is 0.614. The number of nitrogens with zero attached hydrogens (tertiary/aromatic N) is 1. The maximum Gasteiger partial charge on any atom is 0.265 e. The van der Waals surface area contributed by atoms with Gasteiger partial charge in [-0.2, -0.15) is 0 Å². The Labute approximate surface area is 160 Å². The van der Waals surface area contributed by atoms with Gasteiger partial charge in [0.1, 0.15) is 5.75 Å². The predicted molar refractivity (Wildman–Crippen MR) is 106 cm³/mol. The monoisotopic (exact) mass is 366 g/mol. The van der Waals surface area contributed by atoms with Crippen LogP contribution in [0.3, 0.4) is 0 Å². The van der Waals surface area contributed by atoms with Crippen LogP contribution in [0.1, 0.15) is 47.7 Å². The Morgan fingerprint density at radius 3 is 2.67 bits per heavy atom. The molecular formula is C22H26N2O3. The van der Waals surface area contributed by atoms with Crippen molar-refractivity contribution >= 4 is 17.5 Å². The van der Waals surface area contributed by atoms with Crippen molar-refractivity contribution in [1.29, 1.82) is 0 Å². The van der Waals surface area contributed by atoms with E-state index in [0.29, 0.717) is 18.7 Å². The highest BCUT2D eigenvalue weighted by Crippen LogP contribution is 2.33. The average molecular weight is 366 g/mol. The van der Waals surface area contributed by atoms with E-state index < -0.39 is 0 Å². The number of nitrogens with one attached hydrogen (secondary N) is 1. The fraction of sp³-hybridized carbons (Fsp3) is 0.364. The summed E-state index contributed by atoms with van der Waals surface area (Å²) in [5, 5.41) is 2.94. The summed E-state index contributed by atoms with van der Waals surface area (Å²) in [6, 6.07) is 13.3. The highest BCUT2D eigenvalue weighted by Gasteiger charge is 2.25. The van der Waals surface area contributed by atoms with Gasteiger partial charge in [-0.15, -0.1) is 0 Å². The normalized spacial score (nSPS) is 13.1. The maximum absolute atomic E-state index is 12.3. The first kappa shape index (κ1) is 19.0. The van der Waals surface area contributed by atoms with Gasteiger partial charge >= 0.3 is 0 Å². The Bertz CT molecular complexity index is 815. The summed E-state index contributed by atoms with van der Waals surface area (Å²) in [6.07, 6.45) is 3.25. The number of ether oxygens (including phenoxy) is 1. The second kappa shape index (κ2) is 8.71. The molecular weight excluding hydrogens is 340 g/mol. The Hall–Kier alpha value is -2.82. The number of unbranched alkanes of at least 4 members (excludes halogenated alkanes) is 2. The lowest BCUT2D eigenvalue weighted by atomic mass is 10.1. The third-order valence-corrected chi connectivity index (χ3v) is 4.68. The first-order valence-corrected chi connectivity index (χ1v) is 9.49. The summed E-state index contributed by atoms with van der Waals surface area (Å²) < 4.78 is 5.55. The van der Waals surface area contributed by atoms with Gasteiger partial charge in [0, 0.05) is 12.1 Å². The SMILES string of the molecule is CCCCCNC(=O)c1ccc(CN2C(=O)COc3cc(C)ccc32)cc1. The molecule has 0 aromatic heterocycles. The Balaban J connectivity index is 1.66. The van der Waals surface area contributed by atoms with Crippen LogP contribution in [-0.4, -0.2) is 25.0 Å². The number of hydrogen-bond acceptors (Lipinski definition) is 3. The molecule has 1 heterocycles. The highest BCUT2D eigenvalue weighted by molar-refractivity contribution is 5.98. The van der Waals surface area contributed by atoms with Gasteiger partial charge in [0.2, 0.25) is 0 Å². The molecule has 2 aromatic rings. The minimum atomic E-state index is -0.0657. The number of benzene rings is 2. The first-order valence-electron chi connectivity index (χ1n) is 9.49. The van der Waals surface area contributed by atoms with Crippen LogP contribution in [0.4, 0.5) is 5.69 Å². The molecule has 2 aromatic carbocycles. The minimum Gasteiger partial charge on any atom is -0.482 e. The number of aryl methyl sites for hydroxylation is 1. The lowest BCUT2D eigenvalue weighted by Crippen LogP contribution is -2.38. The number of anilines is 1. The molecule has 0 saturated heterocycles. The van der Waals surface area contributed by atoms with Gasteiger partial charge in [0.25, 0.3) is 11.8 Å².